The standard InChI is InChI=1S/C18H18N2S/c1-13-11-15-16-12-19-9-7-17(16)20(18(15)21-13)10-8-14-5-3-2-4-6-14/h2-6,8,10-11,19H,7,9,12H2,1H3/b10-8-. The molecule has 1 aliphatic rings. The second-order valence-electron chi connectivity index (χ2n) is 5.52. The molecule has 0 saturated heterocycles. The van der Waals surface area contributed by atoms with Gasteiger partial charge in [0, 0.05) is 41.7 Å². The van der Waals surface area contributed by atoms with Crippen LogP contribution in [0.1, 0.15) is 21.7 Å². The number of hydrogen-bond acceptors (Lipinski definition) is 2. The minimum atomic E-state index is 0.994. The molecule has 3 heterocycles. The Bertz CT molecular complexity index is 809. The van der Waals surface area contributed by atoms with Crippen LogP contribution in [0.15, 0.2) is 36.4 Å². The number of aryl methyl sites for hydroxylation is 1. The van der Waals surface area contributed by atoms with Gasteiger partial charge in [-0.3, -0.25) is 0 Å². The van der Waals surface area contributed by atoms with E-state index in [1.54, 1.807) is 0 Å². The third kappa shape index (κ3) is 2.23. The van der Waals surface area contributed by atoms with Gasteiger partial charge in [0.15, 0.2) is 0 Å². The van der Waals surface area contributed by atoms with E-state index in [9.17, 15) is 0 Å². The summed E-state index contributed by atoms with van der Waals surface area (Å²) in [6.07, 6.45) is 5.55. The van der Waals surface area contributed by atoms with Crippen LogP contribution in [0.2, 0.25) is 0 Å². The molecule has 21 heavy (non-hydrogen) atoms. The Morgan fingerprint density at radius 1 is 1.24 bits per heavy atom. The lowest BCUT2D eigenvalue weighted by Crippen LogP contribution is -2.24. The highest BCUT2D eigenvalue weighted by molar-refractivity contribution is 7.18. The fourth-order valence-corrected chi connectivity index (χ4v) is 4.13. The van der Waals surface area contributed by atoms with Crippen LogP contribution in [0.4, 0.5) is 0 Å². The minimum Gasteiger partial charge on any atom is -0.312 e. The molecule has 1 aliphatic heterocycles. The summed E-state index contributed by atoms with van der Waals surface area (Å²) in [5.74, 6) is 0. The number of nitrogens with one attached hydrogen (secondary N) is 1. The average molecular weight is 294 g/mol. The van der Waals surface area contributed by atoms with Crippen LogP contribution >= 0.6 is 11.3 Å². The molecule has 0 fully saturated rings. The lowest BCUT2D eigenvalue weighted by molar-refractivity contribution is 0.634. The number of benzene rings is 1. The van der Waals surface area contributed by atoms with Crippen LogP contribution in [0, 0.1) is 6.92 Å². The Hall–Kier alpha value is -1.84. The van der Waals surface area contributed by atoms with Crippen molar-refractivity contribution in [1.29, 1.82) is 0 Å². The highest BCUT2D eigenvalue weighted by Crippen LogP contribution is 2.35. The first-order valence-corrected chi connectivity index (χ1v) is 8.20. The predicted molar refractivity (Wildman–Crippen MR) is 91.6 cm³/mol. The van der Waals surface area contributed by atoms with E-state index < -0.39 is 0 Å². The molecule has 0 radical (unpaired) electrons. The molecule has 2 nitrogen and oxygen atoms in total. The van der Waals surface area contributed by atoms with Gasteiger partial charge < -0.3 is 9.88 Å². The molecule has 3 aromatic rings. The molecule has 0 unspecified atom stereocenters. The van der Waals surface area contributed by atoms with Crippen LogP contribution in [-0.2, 0) is 13.0 Å². The highest BCUT2D eigenvalue weighted by Gasteiger charge is 2.20. The van der Waals surface area contributed by atoms with Crippen molar-refractivity contribution in [3.05, 3.63) is 58.1 Å². The monoisotopic (exact) mass is 294 g/mol. The van der Waals surface area contributed by atoms with E-state index in [4.69, 9.17) is 0 Å². The lowest BCUT2D eigenvalue weighted by Gasteiger charge is -2.15. The van der Waals surface area contributed by atoms with Crippen LogP contribution < -0.4 is 5.32 Å². The van der Waals surface area contributed by atoms with Crippen molar-refractivity contribution in [1.82, 2.24) is 9.88 Å². The van der Waals surface area contributed by atoms with Crippen molar-refractivity contribution in [2.45, 2.75) is 19.9 Å². The number of thiophene rings is 1. The van der Waals surface area contributed by atoms with Gasteiger partial charge in [-0.05, 0) is 30.2 Å². The summed E-state index contributed by atoms with van der Waals surface area (Å²) in [5.41, 5.74) is 4.20. The summed E-state index contributed by atoms with van der Waals surface area (Å²) in [7, 11) is 0. The van der Waals surface area contributed by atoms with Gasteiger partial charge in [-0.15, -0.1) is 11.3 Å². The summed E-state index contributed by atoms with van der Waals surface area (Å²) >= 11 is 1.89. The summed E-state index contributed by atoms with van der Waals surface area (Å²) in [6.45, 7) is 4.26. The van der Waals surface area contributed by atoms with Crippen molar-refractivity contribution in [3.63, 3.8) is 0 Å². The zero-order valence-corrected chi connectivity index (χ0v) is 12.9. The van der Waals surface area contributed by atoms with Gasteiger partial charge >= 0.3 is 0 Å². The molecule has 4 rings (SSSR count). The van der Waals surface area contributed by atoms with Crippen LogP contribution in [-0.4, -0.2) is 11.1 Å². The summed E-state index contributed by atoms with van der Waals surface area (Å²) in [4.78, 5) is 2.77. The maximum atomic E-state index is 3.50. The Morgan fingerprint density at radius 3 is 2.95 bits per heavy atom. The van der Waals surface area contributed by atoms with Crippen molar-refractivity contribution in [2.75, 3.05) is 6.54 Å². The van der Waals surface area contributed by atoms with Crippen molar-refractivity contribution >= 4 is 33.8 Å². The number of nitrogens with zero attached hydrogens (tertiary/aromatic N) is 1. The van der Waals surface area contributed by atoms with Crippen LogP contribution in [0.25, 0.3) is 22.5 Å². The first kappa shape index (κ1) is 12.9. The smallest absolute Gasteiger partial charge is 0.107 e. The van der Waals surface area contributed by atoms with Gasteiger partial charge in [0.05, 0.1) is 0 Å². The molecule has 0 spiro atoms. The Morgan fingerprint density at radius 2 is 2.10 bits per heavy atom. The van der Waals surface area contributed by atoms with Crippen molar-refractivity contribution in [3.8, 4) is 0 Å². The van der Waals surface area contributed by atoms with Gasteiger partial charge in [0.25, 0.3) is 0 Å². The molecular weight excluding hydrogens is 276 g/mol. The normalized spacial score (nSPS) is 14.9. The average Bonchev–Trinajstić information content (AvgIpc) is 3.02. The SMILES string of the molecule is Cc1cc2c3c(n(/C=C\c4ccccc4)c2s1)CCNC3. The number of aromatic nitrogens is 1. The predicted octanol–water partition coefficient (Wildman–Crippen LogP) is 4.28. The third-order valence-corrected chi connectivity index (χ3v) is 5.12. The van der Waals surface area contributed by atoms with E-state index in [1.807, 2.05) is 11.3 Å². The van der Waals surface area contributed by atoms with E-state index in [2.05, 4.69) is 65.5 Å². The van der Waals surface area contributed by atoms with E-state index >= 15 is 0 Å². The Kier molecular flexibility index (Phi) is 3.17. The lowest BCUT2D eigenvalue weighted by atomic mass is 10.1. The van der Waals surface area contributed by atoms with Crippen LogP contribution in [0.5, 0.6) is 0 Å². The summed E-state index contributed by atoms with van der Waals surface area (Å²) < 4.78 is 2.40. The quantitative estimate of drug-likeness (QED) is 0.746. The van der Waals surface area contributed by atoms with Crippen molar-refractivity contribution in [2.24, 2.45) is 0 Å². The molecule has 106 valence electrons. The topological polar surface area (TPSA) is 17.0 Å². The van der Waals surface area contributed by atoms with Gasteiger partial charge in [0.2, 0.25) is 0 Å². The largest absolute Gasteiger partial charge is 0.312 e. The maximum Gasteiger partial charge on any atom is 0.107 e. The molecule has 0 atom stereocenters. The molecule has 1 N–H and O–H groups in total. The first-order chi connectivity index (χ1) is 10.3. The zero-order valence-electron chi connectivity index (χ0n) is 12.1. The molecule has 0 saturated carbocycles. The summed E-state index contributed by atoms with van der Waals surface area (Å²) in [6, 6.07) is 12.8. The van der Waals surface area contributed by atoms with Crippen LogP contribution in [0.3, 0.4) is 0 Å². The van der Waals surface area contributed by atoms with E-state index in [1.165, 1.54) is 31.9 Å². The van der Waals surface area contributed by atoms with Gasteiger partial charge in [-0.2, -0.15) is 0 Å². The molecule has 3 heteroatoms. The maximum absolute atomic E-state index is 3.50. The molecule has 0 bridgehead atoms. The fraction of sp³-hybridized carbons (Fsp3) is 0.222. The molecule has 2 aromatic heterocycles. The fourth-order valence-electron chi connectivity index (χ4n) is 3.09. The second-order valence-corrected chi connectivity index (χ2v) is 6.76. The Labute approximate surface area is 128 Å². The molecule has 0 amide bonds. The number of hydrogen-bond donors (Lipinski definition) is 1. The highest BCUT2D eigenvalue weighted by atomic mass is 32.1. The molecule has 1 aromatic carbocycles. The van der Waals surface area contributed by atoms with E-state index in [0.717, 1.165) is 19.5 Å². The summed E-state index contributed by atoms with van der Waals surface area (Å²) in [5, 5.41) is 4.92. The second kappa shape index (κ2) is 5.17. The zero-order chi connectivity index (χ0) is 14.2. The molecular formula is C18H18N2S. The number of rotatable bonds is 2. The van der Waals surface area contributed by atoms with Crippen molar-refractivity contribution < 1.29 is 0 Å². The van der Waals surface area contributed by atoms with Gasteiger partial charge in [0.1, 0.15) is 4.83 Å². The van der Waals surface area contributed by atoms with Gasteiger partial charge in [-0.1, -0.05) is 30.3 Å². The van der Waals surface area contributed by atoms with E-state index in [-0.39, 0.29) is 0 Å². The van der Waals surface area contributed by atoms with Gasteiger partial charge in [-0.25, -0.2) is 0 Å². The Balaban J connectivity index is 1.85. The minimum absolute atomic E-state index is 0.994. The third-order valence-electron chi connectivity index (χ3n) is 4.07. The number of fused-ring (bicyclic) bond motifs is 3. The van der Waals surface area contributed by atoms with E-state index in [0.29, 0.717) is 0 Å². The first-order valence-electron chi connectivity index (χ1n) is 7.39. The molecule has 0 aliphatic carbocycles.